The number of hydrogen-bond donors (Lipinski definition) is 2. The Bertz CT molecular complexity index is 1910. The maximum absolute atomic E-state index is 14.2. The number of rotatable bonds is 12. The van der Waals surface area contributed by atoms with E-state index in [4.69, 9.17) is 35.9 Å². The lowest BCUT2D eigenvalue weighted by Crippen LogP contribution is -2.31. The van der Waals surface area contributed by atoms with Crippen molar-refractivity contribution < 1.29 is 19.0 Å². The second-order valence-electron chi connectivity index (χ2n) is 10.7. The lowest BCUT2D eigenvalue weighted by molar-refractivity contribution is -0.113. The number of aromatic nitrogens is 3. The van der Waals surface area contributed by atoms with Gasteiger partial charge in [-0.3, -0.25) is 4.79 Å². The number of fused-ring (bicyclic) bond motifs is 1. The van der Waals surface area contributed by atoms with Crippen LogP contribution in [0.2, 0.25) is 5.02 Å². The van der Waals surface area contributed by atoms with Crippen molar-refractivity contribution in [3.8, 4) is 17.2 Å². The number of hydrogen-bond acceptors (Lipinski definition) is 8. The first-order valence-electron chi connectivity index (χ1n) is 15.1. The average Bonchev–Trinajstić information content (AvgIpc) is 3.50. The van der Waals surface area contributed by atoms with E-state index in [1.54, 1.807) is 11.8 Å². The van der Waals surface area contributed by atoms with Gasteiger partial charge in [0, 0.05) is 16.5 Å². The van der Waals surface area contributed by atoms with Crippen LogP contribution in [0.5, 0.6) is 17.2 Å². The number of ether oxygens (including phenoxy) is 3. The lowest BCUT2D eigenvalue weighted by Gasteiger charge is -2.29. The van der Waals surface area contributed by atoms with Gasteiger partial charge in [0.05, 0.1) is 25.0 Å². The van der Waals surface area contributed by atoms with E-state index in [0.717, 1.165) is 16.7 Å². The number of nitrogens with zero attached hydrogens (tertiary/aromatic N) is 3. The summed E-state index contributed by atoms with van der Waals surface area (Å²) in [4.78, 5) is 18.9. The standard InChI is InChI=1S/C36H34ClN5O4S/c1-4-45-29-17-11-10-16-28(29)39-34(43)32-23(2)38-35-40-36(47-22-26-14-8-9-15-27(26)37)41-42(35)33(32)25-18-19-30(31(20-25)44-3)46-21-24-12-6-5-7-13-24/h5-20,33H,4,21-22H2,1-3H3,(H,39,43)(H,38,40,41). The van der Waals surface area contributed by atoms with Crippen LogP contribution in [-0.2, 0) is 17.2 Å². The van der Waals surface area contributed by atoms with Crippen molar-refractivity contribution >= 4 is 40.9 Å². The molecule has 0 radical (unpaired) electrons. The van der Waals surface area contributed by atoms with E-state index >= 15 is 0 Å². The van der Waals surface area contributed by atoms with Crippen molar-refractivity contribution in [1.29, 1.82) is 0 Å². The van der Waals surface area contributed by atoms with Crippen molar-refractivity contribution in [3.63, 3.8) is 0 Å². The van der Waals surface area contributed by atoms with E-state index in [2.05, 4.69) is 10.6 Å². The van der Waals surface area contributed by atoms with Crippen LogP contribution in [0.25, 0.3) is 0 Å². The monoisotopic (exact) mass is 667 g/mol. The second kappa shape index (κ2) is 14.7. The Labute approximate surface area is 282 Å². The van der Waals surface area contributed by atoms with Gasteiger partial charge in [0.15, 0.2) is 11.5 Å². The van der Waals surface area contributed by atoms with Crippen LogP contribution >= 0.6 is 23.4 Å². The molecule has 240 valence electrons. The van der Waals surface area contributed by atoms with Crippen molar-refractivity contribution in [2.45, 2.75) is 37.4 Å². The van der Waals surface area contributed by atoms with Crippen LogP contribution in [0.1, 0.15) is 36.6 Å². The largest absolute Gasteiger partial charge is 0.493 e. The van der Waals surface area contributed by atoms with E-state index in [0.29, 0.717) is 69.3 Å². The van der Waals surface area contributed by atoms with E-state index in [1.807, 2.05) is 111 Å². The molecule has 11 heteroatoms. The first-order chi connectivity index (χ1) is 22.9. The third-order valence-electron chi connectivity index (χ3n) is 7.57. The van der Waals surface area contributed by atoms with E-state index < -0.39 is 6.04 Å². The zero-order valence-electron chi connectivity index (χ0n) is 26.2. The highest BCUT2D eigenvalue weighted by Crippen LogP contribution is 2.41. The zero-order valence-corrected chi connectivity index (χ0v) is 27.8. The molecule has 1 unspecified atom stereocenters. The third kappa shape index (κ3) is 7.24. The van der Waals surface area contributed by atoms with Gasteiger partial charge in [0.25, 0.3) is 5.91 Å². The van der Waals surface area contributed by atoms with Crippen LogP contribution in [0.15, 0.2) is 113 Å². The number of methoxy groups -OCH3 is 1. The molecule has 47 heavy (non-hydrogen) atoms. The molecule has 9 nitrogen and oxygen atoms in total. The molecule has 1 amide bonds. The maximum Gasteiger partial charge on any atom is 0.255 e. The number of carbonyl (C=O) groups is 1. The van der Waals surface area contributed by atoms with Crippen molar-refractivity contribution in [3.05, 3.63) is 130 Å². The summed E-state index contributed by atoms with van der Waals surface area (Å²) in [5.74, 6) is 2.50. The predicted octanol–water partition coefficient (Wildman–Crippen LogP) is 8.14. The Morgan fingerprint density at radius 2 is 1.72 bits per heavy atom. The Hall–Kier alpha value is -4.93. The topological polar surface area (TPSA) is 99.5 Å². The highest BCUT2D eigenvalue weighted by molar-refractivity contribution is 7.98. The van der Waals surface area contributed by atoms with Crippen LogP contribution < -0.4 is 24.8 Å². The van der Waals surface area contributed by atoms with Gasteiger partial charge >= 0.3 is 0 Å². The number of thioether (sulfide) groups is 1. The minimum atomic E-state index is -0.634. The van der Waals surface area contributed by atoms with Gasteiger partial charge in [-0.2, -0.15) is 4.98 Å². The number of carbonyl (C=O) groups excluding carboxylic acids is 1. The smallest absolute Gasteiger partial charge is 0.255 e. The van der Waals surface area contributed by atoms with Gasteiger partial charge in [-0.25, -0.2) is 4.68 Å². The fourth-order valence-electron chi connectivity index (χ4n) is 5.30. The Kier molecular flexibility index (Phi) is 9.99. The van der Waals surface area contributed by atoms with Gasteiger partial charge < -0.3 is 24.8 Å². The number of halogens is 1. The Balaban J connectivity index is 1.36. The summed E-state index contributed by atoms with van der Waals surface area (Å²) >= 11 is 7.88. The number of allylic oxidation sites excluding steroid dienone is 1. The van der Waals surface area contributed by atoms with Crippen LogP contribution in [0, 0.1) is 0 Å². The highest BCUT2D eigenvalue weighted by atomic mass is 35.5. The third-order valence-corrected chi connectivity index (χ3v) is 8.82. The second-order valence-corrected chi connectivity index (χ2v) is 12.0. The molecule has 1 aliphatic rings. The average molecular weight is 668 g/mol. The molecule has 0 saturated heterocycles. The maximum atomic E-state index is 14.2. The predicted molar refractivity (Wildman–Crippen MR) is 186 cm³/mol. The minimum Gasteiger partial charge on any atom is -0.493 e. The fourth-order valence-corrected chi connectivity index (χ4v) is 6.42. The SMILES string of the molecule is CCOc1ccccc1NC(=O)C1=C(C)Nc2nc(SCc3ccccc3Cl)nn2C1c1ccc(OCc2ccccc2)c(OC)c1. The molecule has 0 bridgehead atoms. The minimum absolute atomic E-state index is 0.304. The fraction of sp³-hybridized carbons (Fsp3) is 0.194. The summed E-state index contributed by atoms with van der Waals surface area (Å²) in [5, 5.41) is 12.5. The van der Waals surface area contributed by atoms with Crippen molar-refractivity contribution in [2.24, 2.45) is 0 Å². The summed E-state index contributed by atoms with van der Waals surface area (Å²) in [6, 6.07) is 30.0. The van der Waals surface area contributed by atoms with Crippen molar-refractivity contribution in [1.82, 2.24) is 14.8 Å². The molecule has 1 aliphatic heterocycles. The summed E-state index contributed by atoms with van der Waals surface area (Å²) in [7, 11) is 1.60. The van der Waals surface area contributed by atoms with E-state index in [9.17, 15) is 4.79 Å². The van der Waals surface area contributed by atoms with E-state index in [-0.39, 0.29) is 5.91 Å². The van der Waals surface area contributed by atoms with Gasteiger partial charge in [0.1, 0.15) is 18.4 Å². The lowest BCUT2D eigenvalue weighted by atomic mass is 9.94. The summed E-state index contributed by atoms with van der Waals surface area (Å²) in [6.07, 6.45) is 0. The molecular weight excluding hydrogens is 634 g/mol. The van der Waals surface area contributed by atoms with E-state index in [1.165, 1.54) is 11.8 Å². The summed E-state index contributed by atoms with van der Waals surface area (Å²) < 4.78 is 19.4. The van der Waals surface area contributed by atoms with Crippen LogP contribution in [0.3, 0.4) is 0 Å². The molecule has 4 aromatic carbocycles. The molecule has 0 spiro atoms. The molecule has 0 saturated carbocycles. The molecule has 1 atom stereocenters. The number of nitrogens with one attached hydrogen (secondary N) is 2. The van der Waals surface area contributed by atoms with Gasteiger partial charge in [-0.1, -0.05) is 90.1 Å². The first kappa shape index (κ1) is 32.0. The van der Waals surface area contributed by atoms with Gasteiger partial charge in [-0.05, 0) is 60.9 Å². The number of amides is 1. The normalized spacial score (nSPS) is 13.8. The molecule has 2 N–H and O–H groups in total. The van der Waals surface area contributed by atoms with Gasteiger partial charge in [0.2, 0.25) is 11.1 Å². The zero-order chi connectivity index (χ0) is 32.8. The number of anilines is 2. The first-order valence-corrected chi connectivity index (χ1v) is 16.5. The van der Waals surface area contributed by atoms with Crippen LogP contribution in [0.4, 0.5) is 11.6 Å². The molecular formula is C36H34ClN5O4S. The van der Waals surface area contributed by atoms with Crippen LogP contribution in [-0.4, -0.2) is 34.4 Å². The molecule has 0 fully saturated rings. The summed E-state index contributed by atoms with van der Waals surface area (Å²) in [5.41, 5.74) is 4.47. The Morgan fingerprint density at radius 1 is 0.957 bits per heavy atom. The van der Waals surface area contributed by atoms with Crippen molar-refractivity contribution in [2.75, 3.05) is 24.4 Å². The molecule has 6 rings (SSSR count). The highest BCUT2D eigenvalue weighted by Gasteiger charge is 2.35. The molecule has 0 aliphatic carbocycles. The molecule has 2 heterocycles. The summed E-state index contributed by atoms with van der Waals surface area (Å²) in [6.45, 7) is 4.61. The quantitative estimate of drug-likeness (QED) is 0.129. The Morgan fingerprint density at radius 3 is 2.51 bits per heavy atom. The van der Waals surface area contributed by atoms with Gasteiger partial charge in [-0.15, -0.1) is 5.10 Å². The molecule has 1 aromatic heterocycles. The molecule has 5 aromatic rings. The number of para-hydroxylation sites is 2. The number of benzene rings is 4.